The zero-order valence-electron chi connectivity index (χ0n) is 22.5. The molecule has 2 aliphatic rings. The van der Waals surface area contributed by atoms with E-state index in [1.807, 2.05) is 54.6 Å². The SMILES string of the molecule is CONC1=CCc2cc(C(=O)C(CC(=O)C3CCN(C(=O)OCc4ccccc4)CC3)c3ccncc3)ccc21. The monoisotopic (exact) mass is 539 g/mol. The fourth-order valence-corrected chi connectivity index (χ4v) is 5.43. The van der Waals surface area contributed by atoms with Gasteiger partial charge < -0.3 is 9.64 Å². The number of carbonyl (C=O) groups is 3. The Balaban J connectivity index is 1.22. The van der Waals surface area contributed by atoms with Gasteiger partial charge in [0.1, 0.15) is 12.4 Å². The lowest BCUT2D eigenvalue weighted by atomic mass is 9.81. The summed E-state index contributed by atoms with van der Waals surface area (Å²) in [5, 5.41) is 0. The van der Waals surface area contributed by atoms with Gasteiger partial charge in [-0.15, -0.1) is 0 Å². The van der Waals surface area contributed by atoms with E-state index >= 15 is 0 Å². The lowest BCUT2D eigenvalue weighted by molar-refractivity contribution is -0.124. The number of benzene rings is 2. The number of hydrogen-bond donors (Lipinski definition) is 1. The van der Waals surface area contributed by atoms with Crippen molar-refractivity contribution in [2.24, 2.45) is 5.92 Å². The van der Waals surface area contributed by atoms with E-state index in [0.29, 0.717) is 37.9 Å². The predicted octanol–water partition coefficient (Wildman–Crippen LogP) is 5.10. The number of hydrogen-bond acceptors (Lipinski definition) is 7. The molecule has 1 unspecified atom stereocenters. The number of piperidine rings is 1. The Bertz CT molecular complexity index is 1380. The standard InChI is InChI=1S/C32H33N3O5/c1-39-34-29-10-8-25-19-26(7-9-27(25)29)31(37)28(23-11-15-33-16-12-23)20-30(36)24-13-17-35(18-14-24)32(38)40-21-22-5-3-2-4-6-22/h2-7,9-12,15-16,19,24,28,34H,8,13-14,17-18,20-21H2,1H3. The molecule has 2 heterocycles. The summed E-state index contributed by atoms with van der Waals surface area (Å²) < 4.78 is 5.45. The number of rotatable bonds is 10. The molecule has 0 saturated carbocycles. The number of pyridine rings is 1. The summed E-state index contributed by atoms with van der Waals surface area (Å²) in [7, 11) is 1.56. The summed E-state index contributed by atoms with van der Waals surface area (Å²) >= 11 is 0. The van der Waals surface area contributed by atoms with Gasteiger partial charge in [-0.05, 0) is 54.2 Å². The van der Waals surface area contributed by atoms with E-state index in [2.05, 4.69) is 10.5 Å². The van der Waals surface area contributed by atoms with Crippen LogP contribution in [0.3, 0.4) is 0 Å². The first-order chi connectivity index (χ1) is 19.5. The maximum absolute atomic E-state index is 13.8. The topological polar surface area (TPSA) is 97.8 Å². The maximum Gasteiger partial charge on any atom is 0.410 e. The predicted molar refractivity (Wildman–Crippen MR) is 150 cm³/mol. The van der Waals surface area contributed by atoms with E-state index in [9.17, 15) is 14.4 Å². The minimum absolute atomic E-state index is 0.0434. The van der Waals surface area contributed by atoms with Crippen molar-refractivity contribution >= 4 is 23.4 Å². The smallest absolute Gasteiger partial charge is 0.410 e. The van der Waals surface area contributed by atoms with E-state index in [1.165, 1.54) is 0 Å². The van der Waals surface area contributed by atoms with Gasteiger partial charge in [0.15, 0.2) is 5.78 Å². The largest absolute Gasteiger partial charge is 0.445 e. The summed E-state index contributed by atoms with van der Waals surface area (Å²) in [4.78, 5) is 50.6. The lowest BCUT2D eigenvalue weighted by Gasteiger charge is -2.31. The molecule has 5 rings (SSSR count). The van der Waals surface area contributed by atoms with Crippen LogP contribution in [0.25, 0.3) is 5.70 Å². The minimum Gasteiger partial charge on any atom is -0.445 e. The molecule has 206 valence electrons. The fourth-order valence-electron chi connectivity index (χ4n) is 5.43. The molecular weight excluding hydrogens is 506 g/mol. The normalized spacial score (nSPS) is 15.6. The Morgan fingerprint density at radius 1 is 1.02 bits per heavy atom. The number of fused-ring (bicyclic) bond motifs is 1. The number of nitrogens with one attached hydrogen (secondary N) is 1. The Labute approximate surface area is 234 Å². The molecule has 0 radical (unpaired) electrons. The van der Waals surface area contributed by atoms with Crippen LogP contribution in [0, 0.1) is 5.92 Å². The van der Waals surface area contributed by atoms with Crippen LogP contribution in [0.1, 0.15) is 57.8 Å². The van der Waals surface area contributed by atoms with Crippen LogP contribution in [-0.2, 0) is 27.4 Å². The van der Waals surface area contributed by atoms with Crippen LogP contribution >= 0.6 is 0 Å². The number of ketones is 2. The number of amides is 1. The third-order valence-electron chi connectivity index (χ3n) is 7.66. The number of Topliss-reactive ketones (excluding diaryl/α,β-unsaturated/α-hetero) is 2. The lowest BCUT2D eigenvalue weighted by Crippen LogP contribution is -2.40. The summed E-state index contributed by atoms with van der Waals surface area (Å²) in [6.45, 7) is 1.12. The first kappa shape index (κ1) is 27.3. The van der Waals surface area contributed by atoms with Crippen LogP contribution < -0.4 is 5.48 Å². The van der Waals surface area contributed by atoms with Gasteiger partial charge in [-0.25, -0.2) is 4.79 Å². The molecule has 8 heteroatoms. The molecule has 1 aromatic heterocycles. The zero-order chi connectivity index (χ0) is 27.9. The average Bonchev–Trinajstić information content (AvgIpc) is 3.41. The highest BCUT2D eigenvalue weighted by molar-refractivity contribution is 6.04. The average molecular weight is 540 g/mol. The minimum atomic E-state index is -0.603. The quantitative estimate of drug-likeness (QED) is 0.283. The van der Waals surface area contributed by atoms with Crippen molar-refractivity contribution in [2.45, 2.75) is 38.2 Å². The highest BCUT2D eigenvalue weighted by atomic mass is 16.6. The second-order valence-electron chi connectivity index (χ2n) is 10.2. The number of likely N-dealkylation sites (tertiary alicyclic amines) is 1. The Kier molecular flexibility index (Phi) is 8.66. The number of allylic oxidation sites excluding steroid dienone is 1. The molecule has 8 nitrogen and oxygen atoms in total. The van der Waals surface area contributed by atoms with Crippen LogP contribution in [0.15, 0.2) is 79.1 Å². The molecule has 0 spiro atoms. The van der Waals surface area contributed by atoms with Gasteiger partial charge in [-0.1, -0.05) is 48.5 Å². The second-order valence-corrected chi connectivity index (χ2v) is 10.2. The Morgan fingerprint density at radius 2 is 1.77 bits per heavy atom. The highest BCUT2D eigenvalue weighted by Crippen LogP contribution is 2.32. The van der Waals surface area contributed by atoms with Crippen LogP contribution in [0.2, 0.25) is 0 Å². The van der Waals surface area contributed by atoms with Gasteiger partial charge in [-0.2, -0.15) is 0 Å². The Morgan fingerprint density at radius 3 is 2.50 bits per heavy atom. The number of carbonyl (C=O) groups excluding carboxylic acids is 3. The molecule has 1 aliphatic heterocycles. The van der Waals surface area contributed by atoms with Gasteiger partial charge in [0, 0.05) is 48.9 Å². The van der Waals surface area contributed by atoms with Gasteiger partial charge in [0.25, 0.3) is 0 Å². The number of aromatic nitrogens is 1. The molecule has 0 bridgehead atoms. The third-order valence-corrected chi connectivity index (χ3v) is 7.66. The number of nitrogens with zero attached hydrogens (tertiary/aromatic N) is 2. The van der Waals surface area contributed by atoms with Crippen molar-refractivity contribution < 1.29 is 24.0 Å². The van der Waals surface area contributed by atoms with E-state index in [1.54, 1.807) is 36.5 Å². The van der Waals surface area contributed by atoms with Crippen LogP contribution in [-0.4, -0.2) is 47.7 Å². The molecule has 1 fully saturated rings. The molecule has 3 aromatic rings. The molecule has 1 amide bonds. The van der Waals surface area contributed by atoms with Crippen molar-refractivity contribution in [3.63, 3.8) is 0 Å². The van der Waals surface area contributed by atoms with Crippen LogP contribution in [0.4, 0.5) is 4.79 Å². The highest BCUT2D eigenvalue weighted by Gasteiger charge is 2.32. The first-order valence-electron chi connectivity index (χ1n) is 13.6. The summed E-state index contributed by atoms with van der Waals surface area (Å²) in [6.07, 6.45) is 6.87. The van der Waals surface area contributed by atoms with Crippen molar-refractivity contribution in [3.05, 3.63) is 107 Å². The van der Waals surface area contributed by atoms with Crippen molar-refractivity contribution in [2.75, 3.05) is 20.2 Å². The molecule has 1 atom stereocenters. The van der Waals surface area contributed by atoms with Crippen molar-refractivity contribution in [3.8, 4) is 0 Å². The van der Waals surface area contributed by atoms with E-state index < -0.39 is 5.92 Å². The first-order valence-corrected chi connectivity index (χ1v) is 13.6. The van der Waals surface area contributed by atoms with Crippen molar-refractivity contribution in [1.29, 1.82) is 0 Å². The van der Waals surface area contributed by atoms with Gasteiger partial charge >= 0.3 is 6.09 Å². The number of hydroxylamine groups is 1. The molecular formula is C32H33N3O5. The molecule has 2 aromatic carbocycles. The summed E-state index contributed by atoms with van der Waals surface area (Å²) in [5.74, 6) is -0.852. The van der Waals surface area contributed by atoms with E-state index in [0.717, 1.165) is 28.0 Å². The number of ether oxygens (including phenoxy) is 1. The van der Waals surface area contributed by atoms with Gasteiger partial charge in [0.2, 0.25) is 0 Å². The second kappa shape index (κ2) is 12.7. The fraction of sp³-hybridized carbons (Fsp3) is 0.312. The molecule has 40 heavy (non-hydrogen) atoms. The molecule has 1 saturated heterocycles. The molecule has 1 N–H and O–H groups in total. The maximum atomic E-state index is 13.8. The van der Waals surface area contributed by atoms with Gasteiger partial charge in [-0.3, -0.25) is 24.9 Å². The van der Waals surface area contributed by atoms with E-state index in [4.69, 9.17) is 9.57 Å². The molecule has 1 aliphatic carbocycles. The van der Waals surface area contributed by atoms with Crippen molar-refractivity contribution in [1.82, 2.24) is 15.4 Å². The van der Waals surface area contributed by atoms with E-state index in [-0.39, 0.29) is 36.6 Å². The van der Waals surface area contributed by atoms with Gasteiger partial charge in [0.05, 0.1) is 18.7 Å². The van der Waals surface area contributed by atoms with Crippen LogP contribution in [0.5, 0.6) is 0 Å². The summed E-state index contributed by atoms with van der Waals surface area (Å²) in [6, 6.07) is 18.8. The summed E-state index contributed by atoms with van der Waals surface area (Å²) in [5.41, 5.74) is 8.09. The third kappa shape index (κ3) is 6.29. The Hall–Kier alpha value is -4.30. The zero-order valence-corrected chi connectivity index (χ0v) is 22.5.